The molecule has 4 nitrogen and oxygen atoms in total. The van der Waals surface area contributed by atoms with Crippen LogP contribution in [-0.4, -0.2) is 19.2 Å². The minimum Gasteiger partial charge on any atom is -0.492 e. The normalized spacial score (nSPS) is 12.3. The van der Waals surface area contributed by atoms with Gasteiger partial charge < -0.3 is 9.47 Å². The third-order valence-corrected chi connectivity index (χ3v) is 5.89. The molecule has 0 spiro atoms. The Morgan fingerprint density at radius 3 is 2.70 bits per heavy atom. The monoisotopic (exact) mass is 384 g/mol. The van der Waals surface area contributed by atoms with Gasteiger partial charge in [-0.1, -0.05) is 32.0 Å². The second-order valence-corrected chi connectivity index (χ2v) is 7.74. The molecular weight excluding hydrogens is 360 g/mol. The van der Waals surface area contributed by atoms with Crippen molar-refractivity contribution < 1.29 is 14.3 Å². The van der Waals surface area contributed by atoms with Crippen LogP contribution < -0.4 is 10.2 Å². The van der Waals surface area contributed by atoms with Gasteiger partial charge in [0.2, 0.25) is 0 Å². The Balaban J connectivity index is 1.77. The van der Waals surface area contributed by atoms with Gasteiger partial charge in [0.1, 0.15) is 5.75 Å². The van der Waals surface area contributed by atoms with Gasteiger partial charge in [-0.2, -0.15) is 0 Å². The Hall–Kier alpha value is -2.40. The Morgan fingerprint density at radius 2 is 1.93 bits per heavy atom. The minimum absolute atomic E-state index is 0.0461. The summed E-state index contributed by atoms with van der Waals surface area (Å²) in [6, 6.07) is 11.5. The van der Waals surface area contributed by atoms with E-state index < -0.39 is 0 Å². The molecule has 2 aromatic carbocycles. The summed E-state index contributed by atoms with van der Waals surface area (Å²) < 4.78 is 13.0. The lowest BCUT2D eigenvalue weighted by atomic mass is 10.1. The van der Waals surface area contributed by atoms with E-state index in [2.05, 4.69) is 0 Å². The van der Waals surface area contributed by atoms with E-state index >= 15 is 0 Å². The summed E-state index contributed by atoms with van der Waals surface area (Å²) in [6.45, 7) is 6.55. The molecule has 0 saturated carbocycles. The molecule has 0 radical (unpaired) electrons. The van der Waals surface area contributed by atoms with Crippen LogP contribution in [0.4, 0.5) is 0 Å². The predicted octanol–water partition coefficient (Wildman–Crippen LogP) is 5.08. The molecule has 3 rings (SSSR count). The van der Waals surface area contributed by atoms with E-state index in [1.165, 1.54) is 0 Å². The van der Waals surface area contributed by atoms with Gasteiger partial charge in [0.25, 0.3) is 0 Å². The molecule has 0 saturated heterocycles. The molecule has 0 bridgehead atoms. The number of benzene rings is 2. The SMILES string of the molecule is CCC(C)C(=O)OCCCOc1ccc(C)c2c(=O)c3ccccc3sc12. The van der Waals surface area contributed by atoms with Gasteiger partial charge in [-0.05, 0) is 37.1 Å². The van der Waals surface area contributed by atoms with Crippen molar-refractivity contribution in [3.05, 3.63) is 52.2 Å². The number of carbonyl (C=O) groups is 1. The smallest absolute Gasteiger partial charge is 0.308 e. The van der Waals surface area contributed by atoms with Gasteiger partial charge in [0, 0.05) is 21.9 Å². The number of ether oxygens (including phenoxy) is 2. The standard InChI is InChI=1S/C22H24O4S/c1-4-14(2)22(24)26-13-7-12-25-17-11-10-15(3)19-20(23)16-8-5-6-9-18(16)27-21(17)19/h5-6,8-11,14H,4,7,12-13H2,1-3H3. The maximum Gasteiger partial charge on any atom is 0.308 e. The zero-order valence-electron chi connectivity index (χ0n) is 15.9. The molecule has 0 amide bonds. The number of hydrogen-bond donors (Lipinski definition) is 0. The van der Waals surface area contributed by atoms with Crippen LogP contribution in [0.25, 0.3) is 20.2 Å². The molecule has 0 aliphatic carbocycles. The van der Waals surface area contributed by atoms with E-state index in [0.717, 1.165) is 32.2 Å². The summed E-state index contributed by atoms with van der Waals surface area (Å²) in [5.41, 5.74) is 0.997. The molecule has 1 aromatic heterocycles. The third-order valence-electron chi connectivity index (χ3n) is 4.71. The molecule has 27 heavy (non-hydrogen) atoms. The Labute approximate surface area is 162 Å². The van der Waals surface area contributed by atoms with Gasteiger partial charge in [0.05, 0.1) is 23.8 Å². The van der Waals surface area contributed by atoms with Crippen LogP contribution in [0.5, 0.6) is 5.75 Å². The highest BCUT2D eigenvalue weighted by Gasteiger charge is 2.13. The summed E-state index contributed by atoms with van der Waals surface area (Å²) in [7, 11) is 0. The molecule has 5 heteroatoms. The Morgan fingerprint density at radius 1 is 1.15 bits per heavy atom. The molecule has 1 unspecified atom stereocenters. The van der Waals surface area contributed by atoms with Gasteiger partial charge in [0.15, 0.2) is 5.43 Å². The summed E-state index contributed by atoms with van der Waals surface area (Å²) in [5, 5.41) is 1.46. The number of esters is 1. The predicted molar refractivity (Wildman–Crippen MR) is 111 cm³/mol. The highest BCUT2D eigenvalue weighted by molar-refractivity contribution is 7.24. The summed E-state index contributed by atoms with van der Waals surface area (Å²) in [5.74, 6) is 0.470. The van der Waals surface area contributed by atoms with Crippen molar-refractivity contribution in [2.45, 2.75) is 33.6 Å². The van der Waals surface area contributed by atoms with Crippen LogP contribution in [0, 0.1) is 12.8 Å². The summed E-state index contributed by atoms with van der Waals surface area (Å²) in [6.07, 6.45) is 1.39. The molecule has 0 N–H and O–H groups in total. The van der Waals surface area contributed by atoms with Gasteiger partial charge in [-0.15, -0.1) is 11.3 Å². The first kappa shape index (κ1) is 19.4. The first-order chi connectivity index (χ1) is 13.0. The lowest BCUT2D eigenvalue weighted by Gasteiger charge is -2.12. The lowest BCUT2D eigenvalue weighted by Crippen LogP contribution is -2.15. The van der Waals surface area contributed by atoms with Gasteiger partial charge in [-0.25, -0.2) is 0 Å². The van der Waals surface area contributed by atoms with E-state index in [1.807, 2.05) is 57.2 Å². The number of aryl methyl sites for hydroxylation is 1. The second kappa shape index (κ2) is 8.53. The Kier molecular flexibility index (Phi) is 6.11. The average Bonchev–Trinajstić information content (AvgIpc) is 2.68. The zero-order chi connectivity index (χ0) is 19.4. The van der Waals surface area contributed by atoms with Crippen molar-refractivity contribution in [1.29, 1.82) is 0 Å². The fourth-order valence-corrected chi connectivity index (χ4v) is 4.09. The summed E-state index contributed by atoms with van der Waals surface area (Å²) >= 11 is 1.57. The van der Waals surface area contributed by atoms with Crippen LogP contribution >= 0.6 is 11.3 Å². The molecule has 1 atom stereocenters. The van der Waals surface area contributed by atoms with Crippen molar-refractivity contribution in [2.24, 2.45) is 5.92 Å². The molecular formula is C22H24O4S. The fourth-order valence-electron chi connectivity index (χ4n) is 2.87. The minimum atomic E-state index is -0.164. The lowest BCUT2D eigenvalue weighted by molar-refractivity contribution is -0.148. The topological polar surface area (TPSA) is 52.6 Å². The first-order valence-electron chi connectivity index (χ1n) is 9.27. The largest absolute Gasteiger partial charge is 0.492 e. The maximum absolute atomic E-state index is 12.9. The second-order valence-electron chi connectivity index (χ2n) is 6.69. The number of fused-ring (bicyclic) bond motifs is 2. The van der Waals surface area contributed by atoms with Crippen LogP contribution in [0.1, 0.15) is 32.3 Å². The molecule has 0 aliphatic heterocycles. The van der Waals surface area contributed by atoms with Crippen molar-refractivity contribution in [3.8, 4) is 5.75 Å². The quantitative estimate of drug-likeness (QED) is 0.324. The maximum atomic E-state index is 12.9. The van der Waals surface area contributed by atoms with E-state index in [9.17, 15) is 9.59 Å². The Bertz CT molecular complexity index is 1020. The highest BCUT2D eigenvalue weighted by Crippen LogP contribution is 2.33. The zero-order valence-corrected chi connectivity index (χ0v) is 16.7. The van der Waals surface area contributed by atoms with E-state index in [-0.39, 0.29) is 17.3 Å². The summed E-state index contributed by atoms with van der Waals surface area (Å²) in [4.78, 5) is 24.6. The van der Waals surface area contributed by atoms with Crippen molar-refractivity contribution in [2.75, 3.05) is 13.2 Å². The highest BCUT2D eigenvalue weighted by atomic mass is 32.1. The molecule has 0 aliphatic rings. The molecule has 3 aromatic rings. The average molecular weight is 384 g/mol. The number of rotatable bonds is 7. The molecule has 142 valence electrons. The van der Waals surface area contributed by atoms with Crippen molar-refractivity contribution >= 4 is 37.5 Å². The van der Waals surface area contributed by atoms with Gasteiger partial charge >= 0.3 is 5.97 Å². The van der Waals surface area contributed by atoms with Crippen LogP contribution in [0.2, 0.25) is 0 Å². The fraction of sp³-hybridized carbons (Fsp3) is 0.364. The van der Waals surface area contributed by atoms with Crippen LogP contribution in [0.3, 0.4) is 0 Å². The molecule has 0 fully saturated rings. The van der Waals surface area contributed by atoms with Gasteiger partial charge in [-0.3, -0.25) is 9.59 Å². The number of hydrogen-bond acceptors (Lipinski definition) is 5. The van der Waals surface area contributed by atoms with E-state index in [0.29, 0.717) is 25.4 Å². The molecule has 1 heterocycles. The van der Waals surface area contributed by atoms with E-state index in [4.69, 9.17) is 9.47 Å². The third kappa shape index (κ3) is 4.14. The van der Waals surface area contributed by atoms with Crippen molar-refractivity contribution in [3.63, 3.8) is 0 Å². The van der Waals surface area contributed by atoms with Crippen LogP contribution in [-0.2, 0) is 9.53 Å². The first-order valence-corrected chi connectivity index (χ1v) is 10.1. The van der Waals surface area contributed by atoms with Crippen LogP contribution in [0.15, 0.2) is 41.2 Å². The van der Waals surface area contributed by atoms with E-state index in [1.54, 1.807) is 11.3 Å². The van der Waals surface area contributed by atoms with Crippen molar-refractivity contribution in [1.82, 2.24) is 0 Å². The number of carbonyl (C=O) groups excluding carboxylic acids is 1.